The van der Waals surface area contributed by atoms with Gasteiger partial charge >= 0.3 is 0 Å². The van der Waals surface area contributed by atoms with E-state index in [-0.39, 0.29) is 0 Å². The van der Waals surface area contributed by atoms with Crippen molar-refractivity contribution in [2.24, 2.45) is 5.73 Å². The highest BCUT2D eigenvalue weighted by Crippen LogP contribution is 2.29. The van der Waals surface area contributed by atoms with Crippen LogP contribution in [0, 0.1) is 13.8 Å². The maximum Gasteiger partial charge on any atom is 0.122 e. The Morgan fingerprint density at radius 2 is 1.88 bits per heavy atom. The van der Waals surface area contributed by atoms with Crippen LogP contribution in [0.25, 0.3) is 0 Å². The van der Waals surface area contributed by atoms with Crippen molar-refractivity contribution in [1.29, 1.82) is 0 Å². The first-order valence-corrected chi connectivity index (χ1v) is 6.45. The van der Waals surface area contributed by atoms with Crippen LogP contribution in [0.3, 0.4) is 0 Å². The van der Waals surface area contributed by atoms with Crippen LogP contribution in [0.15, 0.2) is 12.1 Å². The molecular formula is C15H25NO. The first kappa shape index (κ1) is 14.0. The molecule has 2 N–H and O–H groups in total. The number of nitrogens with two attached hydrogens (primary N) is 1. The number of benzene rings is 1. The maximum atomic E-state index is 5.53. The van der Waals surface area contributed by atoms with E-state index in [0.29, 0.717) is 5.92 Å². The number of ether oxygens (including phenoxy) is 1. The summed E-state index contributed by atoms with van der Waals surface area (Å²) < 4.78 is 5.34. The first-order chi connectivity index (χ1) is 8.10. The Hall–Kier alpha value is -1.02. The lowest BCUT2D eigenvalue weighted by Gasteiger charge is -2.17. The lowest BCUT2D eigenvalue weighted by Crippen LogP contribution is -2.02. The normalized spacial score (nSPS) is 12.5. The smallest absolute Gasteiger partial charge is 0.122 e. The third kappa shape index (κ3) is 3.74. The average Bonchev–Trinajstić information content (AvgIpc) is 2.31. The van der Waals surface area contributed by atoms with Gasteiger partial charge in [0, 0.05) is 0 Å². The Morgan fingerprint density at radius 3 is 2.47 bits per heavy atom. The van der Waals surface area contributed by atoms with Crippen LogP contribution in [-0.4, -0.2) is 13.7 Å². The quantitative estimate of drug-likeness (QED) is 0.765. The van der Waals surface area contributed by atoms with Crippen molar-refractivity contribution in [3.05, 3.63) is 28.8 Å². The zero-order valence-electron chi connectivity index (χ0n) is 11.5. The van der Waals surface area contributed by atoms with Gasteiger partial charge in [0.25, 0.3) is 0 Å². The van der Waals surface area contributed by atoms with Gasteiger partial charge in [-0.25, -0.2) is 0 Å². The largest absolute Gasteiger partial charge is 0.496 e. The van der Waals surface area contributed by atoms with Crippen LogP contribution in [0.5, 0.6) is 5.75 Å². The van der Waals surface area contributed by atoms with E-state index in [1.54, 1.807) is 7.11 Å². The molecule has 0 aliphatic rings. The molecule has 0 aliphatic heterocycles. The molecule has 0 aromatic heterocycles. The highest BCUT2D eigenvalue weighted by atomic mass is 16.5. The van der Waals surface area contributed by atoms with Crippen LogP contribution in [0.4, 0.5) is 0 Å². The zero-order chi connectivity index (χ0) is 12.8. The lowest BCUT2D eigenvalue weighted by atomic mass is 9.90. The molecule has 0 fully saturated rings. The van der Waals surface area contributed by atoms with Crippen molar-refractivity contribution < 1.29 is 4.74 Å². The Kier molecular flexibility index (Phi) is 5.49. The van der Waals surface area contributed by atoms with Gasteiger partial charge in [-0.2, -0.15) is 0 Å². The van der Waals surface area contributed by atoms with Gasteiger partial charge in [-0.15, -0.1) is 0 Å². The standard InChI is InChI=1S/C15H25NO/c1-11(7-5-6-8-16)14-9-13(3)15(17-4)10-12(14)2/h9-11H,5-8,16H2,1-4H3. The molecule has 0 heterocycles. The minimum atomic E-state index is 0.603. The zero-order valence-corrected chi connectivity index (χ0v) is 11.5. The van der Waals surface area contributed by atoms with Crippen molar-refractivity contribution in [3.8, 4) is 5.75 Å². The SMILES string of the molecule is COc1cc(C)c(C(C)CCCCN)cc1C. The van der Waals surface area contributed by atoms with Crippen LogP contribution < -0.4 is 10.5 Å². The second-order valence-electron chi connectivity index (χ2n) is 4.86. The van der Waals surface area contributed by atoms with Gasteiger partial charge < -0.3 is 10.5 Å². The number of unbranched alkanes of at least 4 members (excludes halogenated alkanes) is 1. The molecular weight excluding hydrogens is 210 g/mol. The second-order valence-corrected chi connectivity index (χ2v) is 4.86. The summed E-state index contributed by atoms with van der Waals surface area (Å²) in [4.78, 5) is 0. The van der Waals surface area contributed by atoms with Gasteiger partial charge in [-0.1, -0.05) is 19.4 Å². The van der Waals surface area contributed by atoms with E-state index in [4.69, 9.17) is 10.5 Å². The van der Waals surface area contributed by atoms with E-state index in [1.807, 2.05) is 0 Å². The number of aryl methyl sites for hydroxylation is 2. The maximum absolute atomic E-state index is 5.53. The predicted octanol–water partition coefficient (Wildman–Crippen LogP) is 3.54. The lowest BCUT2D eigenvalue weighted by molar-refractivity contribution is 0.411. The summed E-state index contributed by atoms with van der Waals surface area (Å²) >= 11 is 0. The summed E-state index contributed by atoms with van der Waals surface area (Å²) in [6.07, 6.45) is 3.55. The van der Waals surface area contributed by atoms with Crippen LogP contribution in [0.1, 0.15) is 48.8 Å². The van der Waals surface area contributed by atoms with Crippen LogP contribution in [0.2, 0.25) is 0 Å². The summed E-state index contributed by atoms with van der Waals surface area (Å²) in [5.41, 5.74) is 9.52. The van der Waals surface area contributed by atoms with E-state index >= 15 is 0 Å². The molecule has 0 bridgehead atoms. The van der Waals surface area contributed by atoms with E-state index in [9.17, 15) is 0 Å². The van der Waals surface area contributed by atoms with Gasteiger partial charge in [0.15, 0.2) is 0 Å². The van der Waals surface area contributed by atoms with Crippen molar-refractivity contribution in [1.82, 2.24) is 0 Å². The predicted molar refractivity (Wildman–Crippen MR) is 73.8 cm³/mol. The van der Waals surface area contributed by atoms with E-state index in [0.717, 1.165) is 18.7 Å². The monoisotopic (exact) mass is 235 g/mol. The fraction of sp³-hybridized carbons (Fsp3) is 0.600. The third-order valence-corrected chi connectivity index (χ3v) is 3.41. The fourth-order valence-corrected chi connectivity index (χ4v) is 2.31. The van der Waals surface area contributed by atoms with Crippen molar-refractivity contribution in [3.63, 3.8) is 0 Å². The summed E-state index contributed by atoms with van der Waals surface area (Å²) in [6, 6.07) is 4.41. The van der Waals surface area contributed by atoms with Gasteiger partial charge in [0.05, 0.1) is 7.11 Å². The van der Waals surface area contributed by atoms with Crippen LogP contribution >= 0.6 is 0 Å². The Morgan fingerprint density at radius 1 is 1.18 bits per heavy atom. The molecule has 2 heteroatoms. The molecule has 0 saturated heterocycles. The molecule has 0 saturated carbocycles. The molecule has 0 radical (unpaired) electrons. The van der Waals surface area contributed by atoms with Gasteiger partial charge in [0.1, 0.15) is 5.75 Å². The van der Waals surface area contributed by atoms with Crippen molar-refractivity contribution in [2.45, 2.75) is 46.0 Å². The van der Waals surface area contributed by atoms with Crippen LogP contribution in [-0.2, 0) is 0 Å². The Bertz CT molecular complexity index is 360. The topological polar surface area (TPSA) is 35.2 Å². The summed E-state index contributed by atoms with van der Waals surface area (Å²) in [6.45, 7) is 7.36. The van der Waals surface area contributed by atoms with Gasteiger partial charge in [-0.3, -0.25) is 0 Å². The molecule has 17 heavy (non-hydrogen) atoms. The number of rotatable bonds is 6. The fourth-order valence-electron chi connectivity index (χ4n) is 2.31. The van der Waals surface area contributed by atoms with Gasteiger partial charge in [-0.05, 0) is 61.9 Å². The molecule has 1 aromatic carbocycles. The molecule has 1 atom stereocenters. The van der Waals surface area contributed by atoms with E-state index in [2.05, 4.69) is 32.9 Å². The molecule has 1 rings (SSSR count). The Balaban J connectivity index is 2.79. The third-order valence-electron chi connectivity index (χ3n) is 3.41. The molecule has 2 nitrogen and oxygen atoms in total. The second kappa shape index (κ2) is 6.65. The highest BCUT2D eigenvalue weighted by molar-refractivity contribution is 5.42. The van der Waals surface area contributed by atoms with E-state index in [1.165, 1.54) is 29.5 Å². The average molecular weight is 235 g/mol. The molecule has 1 unspecified atom stereocenters. The number of hydrogen-bond donors (Lipinski definition) is 1. The molecule has 0 amide bonds. The molecule has 0 spiro atoms. The minimum absolute atomic E-state index is 0.603. The van der Waals surface area contributed by atoms with Crippen molar-refractivity contribution >= 4 is 0 Å². The highest BCUT2D eigenvalue weighted by Gasteiger charge is 2.11. The molecule has 0 aliphatic carbocycles. The Labute approximate surface area is 105 Å². The summed E-state index contributed by atoms with van der Waals surface area (Å²) in [5.74, 6) is 1.59. The first-order valence-electron chi connectivity index (χ1n) is 6.45. The van der Waals surface area contributed by atoms with E-state index < -0.39 is 0 Å². The van der Waals surface area contributed by atoms with Gasteiger partial charge in [0.2, 0.25) is 0 Å². The molecule has 1 aromatic rings. The molecule has 96 valence electrons. The summed E-state index contributed by atoms with van der Waals surface area (Å²) in [5, 5.41) is 0. The van der Waals surface area contributed by atoms with Crippen molar-refractivity contribution in [2.75, 3.05) is 13.7 Å². The minimum Gasteiger partial charge on any atom is -0.496 e. The number of hydrogen-bond acceptors (Lipinski definition) is 2. The summed E-state index contributed by atoms with van der Waals surface area (Å²) in [7, 11) is 1.73. The number of methoxy groups -OCH3 is 1.